The second kappa shape index (κ2) is 9.14. The molecule has 1 aromatic heterocycles. The molecule has 2 heterocycles. The third-order valence-electron chi connectivity index (χ3n) is 5.15. The highest BCUT2D eigenvalue weighted by Gasteiger charge is 2.26. The summed E-state index contributed by atoms with van der Waals surface area (Å²) >= 11 is 7.57. The van der Waals surface area contributed by atoms with E-state index in [1.54, 1.807) is 35.4 Å². The van der Waals surface area contributed by atoms with Gasteiger partial charge in [0.05, 0.1) is 9.23 Å². The minimum Gasteiger partial charge on any atom is -0.336 e. The van der Waals surface area contributed by atoms with E-state index in [1.807, 2.05) is 26.0 Å². The van der Waals surface area contributed by atoms with E-state index in [0.717, 1.165) is 24.0 Å². The van der Waals surface area contributed by atoms with Crippen molar-refractivity contribution in [3.63, 3.8) is 0 Å². The van der Waals surface area contributed by atoms with Gasteiger partial charge in [0.15, 0.2) is 0 Å². The highest BCUT2D eigenvalue weighted by molar-refractivity contribution is 7.89. The van der Waals surface area contributed by atoms with Crippen LogP contribution in [0.3, 0.4) is 0 Å². The Morgan fingerprint density at radius 2 is 1.86 bits per heavy atom. The average molecular weight is 456 g/mol. The number of piperazine rings is 1. The molecular weight excluding hydrogens is 430 g/mol. The van der Waals surface area contributed by atoms with E-state index in [1.165, 1.54) is 21.3 Å². The van der Waals surface area contributed by atoms with E-state index in [-0.39, 0.29) is 16.8 Å². The molecule has 9 heteroatoms. The number of halogens is 1. The van der Waals surface area contributed by atoms with Gasteiger partial charge < -0.3 is 4.90 Å². The monoisotopic (exact) mass is 455 g/mol. The molecule has 1 saturated heterocycles. The Morgan fingerprint density at radius 3 is 2.45 bits per heavy atom. The Hall–Kier alpha value is -1.45. The molecule has 0 aliphatic carbocycles. The highest BCUT2D eigenvalue weighted by Crippen LogP contribution is 2.23. The summed E-state index contributed by atoms with van der Waals surface area (Å²) in [5, 5.41) is 0. The molecule has 1 aliphatic rings. The van der Waals surface area contributed by atoms with Crippen LogP contribution in [-0.4, -0.2) is 67.7 Å². The maximum atomic E-state index is 12.9. The molecule has 0 saturated carbocycles. The van der Waals surface area contributed by atoms with Gasteiger partial charge in [-0.15, -0.1) is 11.3 Å². The zero-order valence-corrected chi connectivity index (χ0v) is 19.2. The molecule has 1 fully saturated rings. The van der Waals surface area contributed by atoms with E-state index in [0.29, 0.717) is 18.7 Å². The van der Waals surface area contributed by atoms with Crippen molar-refractivity contribution in [2.24, 2.45) is 0 Å². The van der Waals surface area contributed by atoms with E-state index in [9.17, 15) is 13.2 Å². The van der Waals surface area contributed by atoms with Gasteiger partial charge in [0, 0.05) is 56.3 Å². The number of hydrogen-bond acceptors (Lipinski definition) is 5. The van der Waals surface area contributed by atoms with Gasteiger partial charge in [-0.1, -0.05) is 17.7 Å². The van der Waals surface area contributed by atoms with Crippen molar-refractivity contribution < 1.29 is 13.2 Å². The quantitative estimate of drug-likeness (QED) is 0.669. The second-order valence-electron chi connectivity index (χ2n) is 7.42. The molecule has 0 spiro atoms. The van der Waals surface area contributed by atoms with Crippen molar-refractivity contribution in [1.82, 2.24) is 14.1 Å². The van der Waals surface area contributed by atoms with Crippen LogP contribution in [0.5, 0.6) is 0 Å². The zero-order chi connectivity index (χ0) is 21.2. The van der Waals surface area contributed by atoms with Crippen LogP contribution in [0.25, 0.3) is 0 Å². The first-order valence-corrected chi connectivity index (χ1v) is 12.2. The topological polar surface area (TPSA) is 60.9 Å². The number of amides is 1. The molecule has 29 heavy (non-hydrogen) atoms. The third kappa shape index (κ3) is 5.19. The van der Waals surface area contributed by atoms with Crippen LogP contribution in [0.4, 0.5) is 0 Å². The van der Waals surface area contributed by atoms with Gasteiger partial charge in [-0.2, -0.15) is 4.31 Å². The van der Waals surface area contributed by atoms with Crippen molar-refractivity contribution in [3.05, 3.63) is 51.2 Å². The van der Waals surface area contributed by atoms with Crippen molar-refractivity contribution in [2.75, 3.05) is 33.2 Å². The fourth-order valence-corrected chi connectivity index (χ4v) is 5.73. The fraction of sp³-hybridized carbons (Fsp3) is 0.450. The molecule has 1 amide bonds. The molecule has 0 radical (unpaired) electrons. The first-order valence-electron chi connectivity index (χ1n) is 9.52. The Balaban J connectivity index is 1.66. The molecule has 2 aromatic rings. The summed E-state index contributed by atoms with van der Waals surface area (Å²) < 4.78 is 27.6. The second-order valence-corrected chi connectivity index (χ2v) is 11.2. The lowest BCUT2D eigenvalue weighted by Crippen LogP contribution is -2.48. The fourth-order valence-electron chi connectivity index (χ4n) is 3.18. The molecule has 1 aliphatic heterocycles. The molecular formula is C20H26ClN3O3S2. The van der Waals surface area contributed by atoms with E-state index < -0.39 is 10.0 Å². The lowest BCUT2D eigenvalue weighted by atomic mass is 10.2. The lowest BCUT2D eigenvalue weighted by molar-refractivity contribution is 0.0629. The van der Waals surface area contributed by atoms with Gasteiger partial charge in [-0.3, -0.25) is 9.69 Å². The van der Waals surface area contributed by atoms with E-state index in [4.69, 9.17) is 11.6 Å². The third-order valence-corrected chi connectivity index (χ3v) is 8.40. The van der Waals surface area contributed by atoms with Crippen LogP contribution >= 0.6 is 22.9 Å². The normalized spacial score (nSPS) is 16.0. The van der Waals surface area contributed by atoms with Crippen LogP contribution in [0.15, 0.2) is 41.3 Å². The molecule has 158 valence electrons. The molecule has 0 unspecified atom stereocenters. The predicted molar refractivity (Wildman–Crippen MR) is 117 cm³/mol. The van der Waals surface area contributed by atoms with Gasteiger partial charge in [-0.05, 0) is 44.2 Å². The standard InChI is InChI=1S/C20H26ClN3O3S2/c1-15(2)22(3)29(26,27)18-6-4-5-16(13-18)20(25)24-11-9-23(10-12-24)14-17-7-8-19(21)28-17/h4-8,13,15H,9-12,14H2,1-3H3. The van der Waals surface area contributed by atoms with Crippen molar-refractivity contribution in [3.8, 4) is 0 Å². The lowest BCUT2D eigenvalue weighted by Gasteiger charge is -2.34. The Morgan fingerprint density at radius 1 is 1.17 bits per heavy atom. The molecule has 0 N–H and O–H groups in total. The first-order chi connectivity index (χ1) is 13.7. The Labute approximate surface area is 181 Å². The summed E-state index contributed by atoms with van der Waals surface area (Å²) in [6.45, 7) is 7.23. The minimum absolute atomic E-state index is 0.131. The van der Waals surface area contributed by atoms with Gasteiger partial charge in [0.1, 0.15) is 0 Å². The molecule has 6 nitrogen and oxygen atoms in total. The van der Waals surface area contributed by atoms with Crippen molar-refractivity contribution >= 4 is 38.9 Å². The number of thiophene rings is 1. The van der Waals surface area contributed by atoms with Crippen LogP contribution in [0.2, 0.25) is 4.34 Å². The van der Waals surface area contributed by atoms with Crippen LogP contribution in [-0.2, 0) is 16.6 Å². The largest absolute Gasteiger partial charge is 0.336 e. The van der Waals surface area contributed by atoms with Gasteiger partial charge >= 0.3 is 0 Å². The van der Waals surface area contributed by atoms with E-state index >= 15 is 0 Å². The van der Waals surface area contributed by atoms with Crippen molar-refractivity contribution in [2.45, 2.75) is 31.3 Å². The average Bonchev–Trinajstić information content (AvgIpc) is 3.12. The predicted octanol–water partition coefficient (Wildman–Crippen LogP) is 3.39. The van der Waals surface area contributed by atoms with Crippen LogP contribution in [0, 0.1) is 0 Å². The van der Waals surface area contributed by atoms with Crippen LogP contribution in [0.1, 0.15) is 29.1 Å². The Kier molecular flexibility index (Phi) is 7.01. The SMILES string of the molecule is CC(C)N(C)S(=O)(=O)c1cccc(C(=O)N2CCN(Cc3ccc(Cl)s3)CC2)c1. The number of rotatable bonds is 6. The number of benzene rings is 1. The molecule has 1 aromatic carbocycles. The number of hydrogen-bond donors (Lipinski definition) is 0. The first kappa shape index (κ1) is 22.2. The number of carbonyl (C=O) groups is 1. The highest BCUT2D eigenvalue weighted by atomic mass is 35.5. The number of sulfonamides is 1. The zero-order valence-electron chi connectivity index (χ0n) is 16.8. The summed E-state index contributed by atoms with van der Waals surface area (Å²) in [6, 6.07) is 10.1. The van der Waals surface area contributed by atoms with Gasteiger partial charge in [-0.25, -0.2) is 8.42 Å². The van der Waals surface area contributed by atoms with Crippen LogP contribution < -0.4 is 0 Å². The number of carbonyl (C=O) groups excluding carboxylic acids is 1. The summed E-state index contributed by atoms with van der Waals surface area (Å²) in [4.78, 5) is 18.4. The molecule has 0 bridgehead atoms. The van der Waals surface area contributed by atoms with Gasteiger partial charge in [0.25, 0.3) is 5.91 Å². The minimum atomic E-state index is -3.62. The maximum Gasteiger partial charge on any atom is 0.253 e. The summed E-state index contributed by atoms with van der Waals surface area (Å²) in [6.07, 6.45) is 0. The smallest absolute Gasteiger partial charge is 0.253 e. The van der Waals surface area contributed by atoms with E-state index in [2.05, 4.69) is 4.90 Å². The van der Waals surface area contributed by atoms with Crippen molar-refractivity contribution in [1.29, 1.82) is 0 Å². The summed E-state index contributed by atoms with van der Waals surface area (Å²) in [5.74, 6) is -0.131. The molecule has 0 atom stereocenters. The van der Waals surface area contributed by atoms with Gasteiger partial charge in [0.2, 0.25) is 10.0 Å². The Bertz CT molecular complexity index is 967. The summed E-state index contributed by atoms with van der Waals surface area (Å²) in [7, 11) is -2.07. The maximum absolute atomic E-state index is 12.9. The number of nitrogens with zero attached hydrogens (tertiary/aromatic N) is 3. The molecule has 3 rings (SSSR count). The summed E-state index contributed by atoms with van der Waals surface area (Å²) in [5.41, 5.74) is 0.404.